The highest BCUT2D eigenvalue weighted by Crippen LogP contribution is 2.33. The second-order valence-corrected chi connectivity index (χ2v) is 10.5. The number of amides is 2. The molecule has 8 nitrogen and oxygen atoms in total. The molecule has 2 fully saturated rings. The van der Waals surface area contributed by atoms with Gasteiger partial charge >= 0.3 is 0 Å². The fourth-order valence-electron chi connectivity index (χ4n) is 5.28. The lowest BCUT2D eigenvalue weighted by Crippen LogP contribution is -2.39. The summed E-state index contributed by atoms with van der Waals surface area (Å²) in [5.41, 5.74) is 1.83. The number of aliphatic hydroxyl groups is 1. The van der Waals surface area contributed by atoms with Gasteiger partial charge in [0, 0.05) is 37.0 Å². The van der Waals surface area contributed by atoms with Crippen LogP contribution >= 0.6 is 0 Å². The number of benzene rings is 2. The molecule has 2 aromatic carbocycles. The SMILES string of the molecule is Cc1c(C(=O)N2CC[C@@](C)(O)C2)cn2nccc(Oc3ccc4c(C(=O)NC5CCC5)cccc4c3)c12. The number of likely N-dealkylation sites (tertiary alicyclic amines) is 1. The molecule has 1 saturated heterocycles. The van der Waals surface area contributed by atoms with Gasteiger partial charge in [-0.25, -0.2) is 4.52 Å². The molecule has 2 aliphatic rings. The van der Waals surface area contributed by atoms with Crippen LogP contribution in [0.5, 0.6) is 11.5 Å². The normalized spacial score (nSPS) is 19.8. The molecule has 4 aromatic rings. The number of fused-ring (bicyclic) bond motifs is 2. The van der Waals surface area contributed by atoms with Gasteiger partial charge in [-0.3, -0.25) is 9.59 Å². The number of aryl methyl sites for hydroxylation is 1. The van der Waals surface area contributed by atoms with Crippen molar-refractivity contribution in [3.63, 3.8) is 0 Å². The minimum absolute atomic E-state index is 0.0414. The van der Waals surface area contributed by atoms with E-state index in [-0.39, 0.29) is 17.9 Å². The third kappa shape index (κ3) is 4.31. The van der Waals surface area contributed by atoms with Gasteiger partial charge in [0.1, 0.15) is 11.3 Å². The number of carbonyl (C=O) groups excluding carboxylic acids is 2. The Hall–Kier alpha value is -3.91. The maximum atomic E-state index is 13.2. The predicted octanol–water partition coefficient (Wildman–Crippen LogP) is 4.47. The molecule has 190 valence electrons. The summed E-state index contributed by atoms with van der Waals surface area (Å²) in [5, 5.41) is 19.6. The van der Waals surface area contributed by atoms with Crippen LogP contribution in [-0.2, 0) is 0 Å². The molecule has 6 rings (SSSR count). The van der Waals surface area contributed by atoms with Crippen LogP contribution in [0.1, 0.15) is 58.9 Å². The average molecular weight is 499 g/mol. The quantitative estimate of drug-likeness (QED) is 0.423. The molecule has 2 N–H and O–H groups in total. The lowest BCUT2D eigenvalue weighted by atomic mass is 9.92. The molecule has 8 heteroatoms. The number of hydrogen-bond acceptors (Lipinski definition) is 5. The van der Waals surface area contributed by atoms with Crippen molar-refractivity contribution >= 4 is 28.1 Å². The molecule has 1 atom stereocenters. The summed E-state index contributed by atoms with van der Waals surface area (Å²) < 4.78 is 7.96. The van der Waals surface area contributed by atoms with Crippen LogP contribution in [-0.4, -0.2) is 56.2 Å². The Balaban J connectivity index is 1.29. The Labute approximate surface area is 214 Å². The van der Waals surface area contributed by atoms with Crippen LogP contribution in [0.2, 0.25) is 0 Å². The van der Waals surface area contributed by atoms with E-state index >= 15 is 0 Å². The summed E-state index contributed by atoms with van der Waals surface area (Å²) in [6.07, 6.45) is 7.17. The largest absolute Gasteiger partial charge is 0.455 e. The first-order valence-corrected chi connectivity index (χ1v) is 12.8. The van der Waals surface area contributed by atoms with Crippen molar-refractivity contribution in [2.24, 2.45) is 0 Å². The molecule has 1 aliphatic carbocycles. The monoisotopic (exact) mass is 498 g/mol. The zero-order chi connectivity index (χ0) is 25.7. The summed E-state index contributed by atoms with van der Waals surface area (Å²) in [5.74, 6) is 1.05. The van der Waals surface area contributed by atoms with Crippen LogP contribution in [0.15, 0.2) is 54.9 Å². The summed E-state index contributed by atoms with van der Waals surface area (Å²) in [7, 11) is 0. The number of nitrogens with zero attached hydrogens (tertiary/aromatic N) is 3. The number of rotatable bonds is 5. The van der Waals surface area contributed by atoms with E-state index in [1.165, 1.54) is 6.42 Å². The molecule has 0 spiro atoms. The van der Waals surface area contributed by atoms with Crippen molar-refractivity contribution in [2.75, 3.05) is 13.1 Å². The zero-order valence-electron chi connectivity index (χ0n) is 21.0. The van der Waals surface area contributed by atoms with Gasteiger partial charge < -0.3 is 20.1 Å². The van der Waals surface area contributed by atoms with E-state index in [0.717, 1.165) is 29.2 Å². The fourth-order valence-corrected chi connectivity index (χ4v) is 5.28. The molecule has 3 heterocycles. The first kappa shape index (κ1) is 23.5. The Morgan fingerprint density at radius 2 is 2.00 bits per heavy atom. The smallest absolute Gasteiger partial charge is 0.255 e. The maximum Gasteiger partial charge on any atom is 0.255 e. The summed E-state index contributed by atoms with van der Waals surface area (Å²) in [6.45, 7) is 4.47. The van der Waals surface area contributed by atoms with E-state index in [2.05, 4.69) is 10.4 Å². The Morgan fingerprint density at radius 1 is 1.16 bits per heavy atom. The fraction of sp³-hybridized carbons (Fsp3) is 0.345. The van der Waals surface area contributed by atoms with Crippen LogP contribution in [0.3, 0.4) is 0 Å². The zero-order valence-corrected chi connectivity index (χ0v) is 21.0. The lowest BCUT2D eigenvalue weighted by Gasteiger charge is -2.26. The van der Waals surface area contributed by atoms with Gasteiger partial charge in [0.05, 0.1) is 17.4 Å². The highest BCUT2D eigenvalue weighted by molar-refractivity contribution is 6.07. The number of hydrogen-bond donors (Lipinski definition) is 2. The van der Waals surface area contributed by atoms with Gasteiger partial charge in [0.2, 0.25) is 0 Å². The first-order chi connectivity index (χ1) is 17.8. The van der Waals surface area contributed by atoms with Crippen molar-refractivity contribution in [1.82, 2.24) is 19.8 Å². The second-order valence-electron chi connectivity index (χ2n) is 10.5. The van der Waals surface area contributed by atoms with Gasteiger partial charge in [-0.05, 0) is 80.1 Å². The van der Waals surface area contributed by atoms with Crippen LogP contribution < -0.4 is 10.1 Å². The van der Waals surface area contributed by atoms with Crippen molar-refractivity contribution in [3.05, 3.63) is 71.5 Å². The number of aromatic nitrogens is 2. The average Bonchev–Trinajstić information content (AvgIpc) is 3.39. The van der Waals surface area contributed by atoms with Crippen molar-refractivity contribution in [2.45, 2.75) is 51.2 Å². The van der Waals surface area contributed by atoms with Crippen LogP contribution in [0.25, 0.3) is 16.3 Å². The third-order valence-electron chi connectivity index (χ3n) is 7.62. The molecule has 0 bridgehead atoms. The molecule has 0 radical (unpaired) electrons. The van der Waals surface area contributed by atoms with E-state index in [1.807, 2.05) is 43.3 Å². The number of nitrogens with one attached hydrogen (secondary N) is 1. The van der Waals surface area contributed by atoms with Crippen LogP contribution in [0.4, 0.5) is 0 Å². The minimum Gasteiger partial charge on any atom is -0.455 e. The van der Waals surface area contributed by atoms with E-state index in [0.29, 0.717) is 47.7 Å². The van der Waals surface area contributed by atoms with Gasteiger partial charge in [-0.1, -0.05) is 12.1 Å². The molecule has 2 amide bonds. The Bertz CT molecular complexity index is 1540. The van der Waals surface area contributed by atoms with Crippen molar-refractivity contribution in [3.8, 4) is 11.5 Å². The highest BCUT2D eigenvalue weighted by Gasteiger charge is 2.35. The molecule has 0 unspecified atom stereocenters. The first-order valence-electron chi connectivity index (χ1n) is 12.8. The molecular formula is C29H30N4O4. The van der Waals surface area contributed by atoms with E-state index in [4.69, 9.17) is 4.74 Å². The molecule has 1 aliphatic heterocycles. The van der Waals surface area contributed by atoms with E-state index in [1.54, 1.807) is 34.8 Å². The number of carbonyl (C=O) groups is 2. The van der Waals surface area contributed by atoms with E-state index < -0.39 is 5.60 Å². The molecule has 1 saturated carbocycles. The Morgan fingerprint density at radius 3 is 2.73 bits per heavy atom. The summed E-state index contributed by atoms with van der Waals surface area (Å²) in [6, 6.07) is 13.5. The minimum atomic E-state index is -0.858. The topological polar surface area (TPSA) is 96.2 Å². The predicted molar refractivity (Wildman–Crippen MR) is 140 cm³/mol. The lowest BCUT2D eigenvalue weighted by molar-refractivity contribution is 0.0572. The summed E-state index contributed by atoms with van der Waals surface area (Å²) in [4.78, 5) is 27.7. The Kier molecular flexibility index (Phi) is 5.64. The molecule has 37 heavy (non-hydrogen) atoms. The van der Waals surface area contributed by atoms with Gasteiger partial charge in [-0.15, -0.1) is 0 Å². The maximum absolute atomic E-state index is 13.2. The number of β-amino-alcohol motifs (C(OH)–C–C–N with tert-alkyl or cyclic N) is 1. The molecular weight excluding hydrogens is 468 g/mol. The highest BCUT2D eigenvalue weighted by atomic mass is 16.5. The van der Waals surface area contributed by atoms with Crippen LogP contribution in [0, 0.1) is 6.92 Å². The summed E-state index contributed by atoms with van der Waals surface area (Å²) >= 11 is 0. The van der Waals surface area contributed by atoms with Crippen molar-refractivity contribution in [1.29, 1.82) is 0 Å². The van der Waals surface area contributed by atoms with Gasteiger partial charge in [0.15, 0.2) is 5.75 Å². The standard InChI is InChI=1S/C29H30N4O4/c1-18-24(28(35)32-14-12-29(2,36)17-32)16-33-26(18)25(11-13-30-33)37-21-9-10-22-19(15-21)5-3-8-23(22)27(34)31-20-6-4-7-20/h3,5,8-11,13,15-16,20,36H,4,6-7,12,14,17H2,1-2H3,(H,31,34)/t29-/m1/s1. The van der Waals surface area contributed by atoms with Gasteiger partial charge in [0.25, 0.3) is 11.8 Å². The third-order valence-corrected chi connectivity index (χ3v) is 7.62. The van der Waals surface area contributed by atoms with Crippen molar-refractivity contribution < 1.29 is 19.4 Å². The number of ether oxygens (including phenoxy) is 1. The van der Waals surface area contributed by atoms with E-state index in [9.17, 15) is 14.7 Å². The second kappa shape index (κ2) is 8.88. The van der Waals surface area contributed by atoms with Gasteiger partial charge in [-0.2, -0.15) is 5.10 Å². The molecule has 2 aromatic heterocycles.